The normalized spacial score (nSPS) is 42.2. The van der Waals surface area contributed by atoms with Crippen molar-refractivity contribution in [2.45, 2.75) is 89.9 Å². The molecule has 6 aliphatic rings. The largest absolute Gasteiger partial charge is 0.462 e. The Morgan fingerprint density at radius 2 is 1.98 bits per heavy atom. The Hall–Kier alpha value is -2.66. The molecule has 0 aromatic rings. The first-order valence-electron chi connectivity index (χ1n) is 16.2. The first kappa shape index (κ1) is 30.4. The maximum Gasteiger partial charge on any atom is 0.331 e. The molecule has 0 radical (unpaired) electrons. The van der Waals surface area contributed by atoms with Crippen LogP contribution in [-0.4, -0.2) is 91.0 Å². The van der Waals surface area contributed by atoms with Gasteiger partial charge in [0.1, 0.15) is 12.7 Å². The van der Waals surface area contributed by atoms with Crippen molar-refractivity contribution in [3.8, 4) is 0 Å². The lowest BCUT2D eigenvalue weighted by molar-refractivity contribution is -0.204. The number of hydrogen-bond donors (Lipinski definition) is 4. The number of carbonyl (C=O) groups is 4. The number of cyclic esters (lactones) is 1. The molecule has 5 fully saturated rings. The van der Waals surface area contributed by atoms with E-state index < -0.39 is 17.1 Å². The highest BCUT2D eigenvalue weighted by Crippen LogP contribution is 2.70. The Balaban J connectivity index is 1.11. The molecule has 9 atom stereocenters. The molecule has 43 heavy (non-hydrogen) atoms. The molecule has 4 saturated carbocycles. The Morgan fingerprint density at radius 3 is 2.70 bits per heavy atom. The molecule has 11 heteroatoms. The average Bonchev–Trinajstić information content (AvgIpc) is 3.46. The van der Waals surface area contributed by atoms with Gasteiger partial charge < -0.3 is 35.4 Å². The fourth-order valence-electron chi connectivity index (χ4n) is 10.3. The molecule has 4 aliphatic carbocycles. The second-order valence-corrected chi connectivity index (χ2v) is 14.5. The summed E-state index contributed by atoms with van der Waals surface area (Å²) in [5.74, 6) is -0.0561. The Bertz CT molecular complexity index is 1190. The first-order valence-corrected chi connectivity index (χ1v) is 16.2. The van der Waals surface area contributed by atoms with Crippen molar-refractivity contribution in [2.75, 3.05) is 39.3 Å². The molecule has 0 unspecified atom stereocenters. The van der Waals surface area contributed by atoms with Gasteiger partial charge in [-0.15, -0.1) is 0 Å². The third kappa shape index (κ3) is 5.24. The van der Waals surface area contributed by atoms with Crippen molar-refractivity contribution >= 4 is 23.9 Å². The van der Waals surface area contributed by atoms with Crippen LogP contribution in [0.4, 0.5) is 4.79 Å². The van der Waals surface area contributed by atoms with E-state index in [4.69, 9.17) is 9.47 Å². The Kier molecular flexibility index (Phi) is 8.03. The summed E-state index contributed by atoms with van der Waals surface area (Å²) in [7, 11) is 0. The minimum Gasteiger partial charge on any atom is -0.462 e. The minimum atomic E-state index is -1.01. The zero-order valence-electron chi connectivity index (χ0n) is 25.8. The summed E-state index contributed by atoms with van der Waals surface area (Å²) in [5, 5.41) is 21.9. The van der Waals surface area contributed by atoms with E-state index in [-0.39, 0.29) is 53.8 Å². The van der Waals surface area contributed by atoms with Gasteiger partial charge in [0.2, 0.25) is 5.91 Å². The van der Waals surface area contributed by atoms with Gasteiger partial charge in [-0.3, -0.25) is 9.59 Å². The molecule has 11 nitrogen and oxygen atoms in total. The van der Waals surface area contributed by atoms with E-state index in [1.54, 1.807) is 4.90 Å². The molecule has 6 rings (SSSR count). The summed E-state index contributed by atoms with van der Waals surface area (Å²) in [6.45, 7) is 8.87. The molecule has 4 N–H and O–H groups in total. The van der Waals surface area contributed by atoms with Gasteiger partial charge in [-0.25, -0.2) is 9.59 Å². The number of fused-ring (bicyclic) bond motifs is 5. The highest BCUT2D eigenvalue weighted by Gasteiger charge is 2.71. The number of aliphatic hydroxyl groups is 1. The van der Waals surface area contributed by atoms with Crippen LogP contribution >= 0.6 is 0 Å². The van der Waals surface area contributed by atoms with Gasteiger partial charge in [0.15, 0.2) is 0 Å². The fraction of sp³-hybridized carbons (Fsp3) is 0.812. The van der Waals surface area contributed by atoms with Gasteiger partial charge >= 0.3 is 18.0 Å². The van der Waals surface area contributed by atoms with Crippen LogP contribution in [0.15, 0.2) is 11.6 Å². The minimum absolute atomic E-state index is 0.0536. The van der Waals surface area contributed by atoms with Crippen LogP contribution < -0.4 is 16.0 Å². The van der Waals surface area contributed by atoms with Crippen molar-refractivity contribution in [3.63, 3.8) is 0 Å². The summed E-state index contributed by atoms with van der Waals surface area (Å²) in [4.78, 5) is 50.6. The molecule has 0 bridgehead atoms. The second-order valence-electron chi connectivity index (χ2n) is 14.5. The highest BCUT2D eigenvalue weighted by atomic mass is 16.5. The monoisotopic (exact) mass is 600 g/mol. The van der Waals surface area contributed by atoms with Crippen LogP contribution in [0.2, 0.25) is 0 Å². The summed E-state index contributed by atoms with van der Waals surface area (Å²) in [6, 6.07) is -0.0757. The van der Waals surface area contributed by atoms with E-state index in [1.165, 1.54) is 13.0 Å². The predicted molar refractivity (Wildman–Crippen MR) is 156 cm³/mol. The molecule has 0 spiro atoms. The third-order valence-corrected chi connectivity index (χ3v) is 12.4. The average molecular weight is 601 g/mol. The Labute approximate surface area is 253 Å². The van der Waals surface area contributed by atoms with Crippen molar-refractivity contribution in [2.24, 2.45) is 34.5 Å². The molecular weight excluding hydrogens is 552 g/mol. The van der Waals surface area contributed by atoms with E-state index in [1.807, 2.05) is 0 Å². The predicted octanol–water partition coefficient (Wildman–Crippen LogP) is 1.88. The fourth-order valence-corrected chi connectivity index (χ4v) is 10.3. The quantitative estimate of drug-likeness (QED) is 0.338. The smallest absolute Gasteiger partial charge is 0.331 e. The number of amides is 3. The van der Waals surface area contributed by atoms with Crippen LogP contribution in [0.3, 0.4) is 0 Å². The number of carbonyl (C=O) groups excluding carboxylic acids is 4. The van der Waals surface area contributed by atoms with Gasteiger partial charge in [0, 0.05) is 63.0 Å². The van der Waals surface area contributed by atoms with E-state index in [9.17, 15) is 24.3 Å². The number of nitrogens with one attached hydrogen (secondary N) is 3. The Morgan fingerprint density at radius 1 is 1.16 bits per heavy atom. The number of urea groups is 1. The third-order valence-electron chi connectivity index (χ3n) is 12.4. The molecule has 1 saturated heterocycles. The maximum absolute atomic E-state index is 12.7. The number of esters is 2. The topological polar surface area (TPSA) is 146 Å². The molecule has 3 amide bonds. The van der Waals surface area contributed by atoms with E-state index in [0.29, 0.717) is 44.4 Å². The number of ether oxygens (including phenoxy) is 2. The van der Waals surface area contributed by atoms with E-state index in [2.05, 4.69) is 29.8 Å². The number of hydrogen-bond acceptors (Lipinski definition) is 8. The van der Waals surface area contributed by atoms with Gasteiger partial charge in [0.05, 0.1) is 12.1 Å². The maximum atomic E-state index is 12.7. The van der Waals surface area contributed by atoms with Crippen LogP contribution in [0.25, 0.3) is 0 Å². The van der Waals surface area contributed by atoms with Crippen molar-refractivity contribution in [3.05, 3.63) is 11.6 Å². The van der Waals surface area contributed by atoms with Gasteiger partial charge in [-0.1, -0.05) is 13.8 Å². The molecule has 2 heterocycles. The van der Waals surface area contributed by atoms with Crippen molar-refractivity contribution in [1.82, 2.24) is 20.9 Å². The summed E-state index contributed by atoms with van der Waals surface area (Å²) in [6.07, 6.45) is 7.87. The SMILES string of the molecule is CC(=O)O[C@H]1C[C@]2(O)[C@@H]3CC[C@@H]4C[C@@H](NC(=O)NCCN5CCNCC5=O)CC[C@]4(C)[C@H]3CC[C@]2(C)[C@H]1C1=CC(=O)OC1. The second kappa shape index (κ2) is 11.4. The first-order chi connectivity index (χ1) is 20.4. The van der Waals surface area contributed by atoms with E-state index in [0.717, 1.165) is 57.1 Å². The van der Waals surface area contributed by atoms with Crippen LogP contribution in [-0.2, 0) is 23.9 Å². The van der Waals surface area contributed by atoms with Crippen LogP contribution in [0, 0.1) is 34.5 Å². The highest BCUT2D eigenvalue weighted by molar-refractivity contribution is 5.85. The van der Waals surface area contributed by atoms with Crippen molar-refractivity contribution in [1.29, 1.82) is 0 Å². The molecule has 2 aliphatic heterocycles. The number of rotatable bonds is 6. The van der Waals surface area contributed by atoms with Gasteiger partial charge in [-0.05, 0) is 73.7 Å². The lowest BCUT2D eigenvalue weighted by atomic mass is 9.43. The number of nitrogens with zero attached hydrogens (tertiary/aromatic N) is 1. The van der Waals surface area contributed by atoms with Crippen LogP contribution in [0.5, 0.6) is 0 Å². The lowest BCUT2D eigenvalue weighted by Crippen LogP contribution is -2.63. The zero-order valence-corrected chi connectivity index (χ0v) is 25.8. The molecular formula is C32H48N4O7. The summed E-state index contributed by atoms with van der Waals surface area (Å²) in [5.41, 5.74) is -0.652. The summed E-state index contributed by atoms with van der Waals surface area (Å²) >= 11 is 0. The molecule has 0 aromatic carbocycles. The summed E-state index contributed by atoms with van der Waals surface area (Å²) < 4.78 is 11.1. The standard InChI is InChI=1S/C32H48N4O7/c1-19(37)43-25-16-32(41)24-5-4-21-15-22(35-29(40)34-11-13-36-12-10-33-17-26(36)38)6-8-30(21,2)23(24)7-9-31(32,3)28(25)20-14-27(39)42-18-20/h14,21-25,28,33,41H,4-13,15-18H2,1-3H3,(H2,34,35,40)/t21-,22+,23+,24-,25+,28+,30+,31-,32+/m1/s1. The van der Waals surface area contributed by atoms with E-state index >= 15 is 0 Å². The molecule has 0 aromatic heterocycles. The number of piperazine rings is 1. The molecule has 238 valence electrons. The lowest BCUT2D eigenvalue weighted by Gasteiger charge is -2.63. The van der Waals surface area contributed by atoms with Crippen LogP contribution in [0.1, 0.15) is 72.1 Å². The van der Waals surface area contributed by atoms with Crippen molar-refractivity contribution < 1.29 is 33.8 Å². The zero-order chi connectivity index (χ0) is 30.6. The van der Waals surface area contributed by atoms with Gasteiger partial charge in [0.25, 0.3) is 0 Å². The van der Waals surface area contributed by atoms with Gasteiger partial charge in [-0.2, -0.15) is 0 Å².